The van der Waals surface area contributed by atoms with Crippen molar-refractivity contribution >= 4 is 32.4 Å². The summed E-state index contributed by atoms with van der Waals surface area (Å²) >= 11 is 0.909. The highest BCUT2D eigenvalue weighted by Crippen LogP contribution is 2.20. The van der Waals surface area contributed by atoms with Gasteiger partial charge < -0.3 is 5.73 Å². The molecule has 1 aromatic carbocycles. The SMILES string of the molecule is Cc1nsc(NS(=O)(=O)c2ccc(N)c(F)c2)n1. The molecular weight excluding hydrogens is 279 g/mol. The van der Waals surface area contributed by atoms with Gasteiger partial charge in [-0.15, -0.1) is 0 Å². The number of nitrogen functional groups attached to an aromatic ring is 1. The van der Waals surface area contributed by atoms with Gasteiger partial charge in [0.25, 0.3) is 10.0 Å². The molecule has 0 aliphatic carbocycles. The van der Waals surface area contributed by atoms with E-state index in [2.05, 4.69) is 14.1 Å². The Morgan fingerprint density at radius 2 is 2.17 bits per heavy atom. The summed E-state index contributed by atoms with van der Waals surface area (Å²) < 4.78 is 43.0. The van der Waals surface area contributed by atoms with Crippen LogP contribution in [0.4, 0.5) is 15.2 Å². The minimum Gasteiger partial charge on any atom is -0.396 e. The van der Waals surface area contributed by atoms with E-state index in [9.17, 15) is 12.8 Å². The van der Waals surface area contributed by atoms with E-state index in [1.54, 1.807) is 6.92 Å². The first kappa shape index (κ1) is 12.7. The Balaban J connectivity index is 2.33. The first-order valence-corrected chi connectivity index (χ1v) is 7.02. The maximum Gasteiger partial charge on any atom is 0.263 e. The molecule has 0 radical (unpaired) electrons. The molecule has 0 aliphatic heterocycles. The lowest BCUT2D eigenvalue weighted by Crippen LogP contribution is -2.13. The van der Waals surface area contributed by atoms with Crippen molar-refractivity contribution in [3.05, 3.63) is 29.8 Å². The zero-order valence-corrected chi connectivity index (χ0v) is 10.8. The van der Waals surface area contributed by atoms with Gasteiger partial charge in [-0.3, -0.25) is 4.72 Å². The standard InChI is InChI=1S/C9H9FN4O2S2/c1-5-12-9(17-13-5)14-18(15,16)6-2-3-8(11)7(10)4-6/h2-4H,11H2,1H3,(H,12,13,14). The van der Waals surface area contributed by atoms with Crippen molar-refractivity contribution in [3.8, 4) is 0 Å². The Bertz CT molecular complexity index is 684. The first-order valence-electron chi connectivity index (χ1n) is 4.76. The predicted molar refractivity (Wildman–Crippen MR) is 66.3 cm³/mol. The predicted octanol–water partition coefficient (Wildman–Crippen LogP) is 1.37. The van der Waals surface area contributed by atoms with E-state index in [1.807, 2.05) is 0 Å². The van der Waals surface area contributed by atoms with E-state index in [1.165, 1.54) is 12.1 Å². The molecule has 1 aromatic heterocycles. The molecule has 9 heteroatoms. The molecule has 0 spiro atoms. The van der Waals surface area contributed by atoms with Crippen molar-refractivity contribution in [3.63, 3.8) is 0 Å². The third kappa shape index (κ3) is 2.57. The molecule has 0 fully saturated rings. The second-order valence-electron chi connectivity index (χ2n) is 3.44. The third-order valence-corrected chi connectivity index (χ3v) is 4.22. The molecule has 0 bridgehead atoms. The fraction of sp³-hybridized carbons (Fsp3) is 0.111. The van der Waals surface area contributed by atoms with Gasteiger partial charge in [-0.25, -0.2) is 17.8 Å². The molecule has 96 valence electrons. The number of hydrogen-bond donors (Lipinski definition) is 2. The number of nitrogens with two attached hydrogens (primary N) is 1. The van der Waals surface area contributed by atoms with Crippen LogP contribution in [-0.4, -0.2) is 17.8 Å². The lowest BCUT2D eigenvalue weighted by Gasteiger charge is -2.05. The highest BCUT2D eigenvalue weighted by Gasteiger charge is 2.17. The Morgan fingerprint density at radius 1 is 1.44 bits per heavy atom. The van der Waals surface area contributed by atoms with Crippen LogP contribution in [0.3, 0.4) is 0 Å². The first-order chi connectivity index (χ1) is 8.38. The van der Waals surface area contributed by atoms with E-state index < -0.39 is 15.8 Å². The van der Waals surface area contributed by atoms with Gasteiger partial charge in [0.05, 0.1) is 10.6 Å². The summed E-state index contributed by atoms with van der Waals surface area (Å²) in [4.78, 5) is 3.64. The van der Waals surface area contributed by atoms with Crippen molar-refractivity contribution in [2.24, 2.45) is 0 Å². The number of anilines is 2. The molecule has 0 saturated carbocycles. The van der Waals surface area contributed by atoms with E-state index >= 15 is 0 Å². The fourth-order valence-electron chi connectivity index (χ4n) is 1.19. The Hall–Kier alpha value is -1.74. The monoisotopic (exact) mass is 288 g/mol. The average Bonchev–Trinajstić information content (AvgIpc) is 2.67. The van der Waals surface area contributed by atoms with Crippen LogP contribution in [0.2, 0.25) is 0 Å². The number of nitrogens with one attached hydrogen (secondary N) is 1. The quantitative estimate of drug-likeness (QED) is 0.831. The van der Waals surface area contributed by atoms with Gasteiger partial charge in [-0.05, 0) is 25.1 Å². The molecule has 18 heavy (non-hydrogen) atoms. The zero-order valence-electron chi connectivity index (χ0n) is 9.21. The van der Waals surface area contributed by atoms with Crippen molar-refractivity contribution in [2.45, 2.75) is 11.8 Å². The number of aromatic nitrogens is 2. The summed E-state index contributed by atoms with van der Waals surface area (Å²) in [5, 5.41) is 0.129. The van der Waals surface area contributed by atoms with E-state index in [0.717, 1.165) is 17.6 Å². The number of nitrogens with zero attached hydrogens (tertiary/aromatic N) is 2. The maximum atomic E-state index is 13.2. The number of halogens is 1. The smallest absolute Gasteiger partial charge is 0.263 e. The molecule has 3 N–H and O–H groups in total. The van der Waals surface area contributed by atoms with Gasteiger partial charge in [0.2, 0.25) is 5.13 Å². The van der Waals surface area contributed by atoms with Crippen LogP contribution in [0.1, 0.15) is 5.82 Å². The summed E-state index contributed by atoms with van der Waals surface area (Å²) in [6, 6.07) is 3.26. The Kier molecular flexibility index (Phi) is 3.18. The molecule has 2 aromatic rings. The summed E-state index contributed by atoms with van der Waals surface area (Å²) in [6.45, 7) is 1.64. The van der Waals surface area contributed by atoms with Crippen LogP contribution in [0.5, 0.6) is 0 Å². The van der Waals surface area contributed by atoms with Gasteiger partial charge in [-0.1, -0.05) is 0 Å². The summed E-state index contributed by atoms with van der Waals surface area (Å²) in [5.74, 6) is -0.326. The van der Waals surface area contributed by atoms with Crippen LogP contribution >= 0.6 is 11.5 Å². The molecule has 6 nitrogen and oxygen atoms in total. The second-order valence-corrected chi connectivity index (χ2v) is 5.87. The molecule has 0 unspecified atom stereocenters. The van der Waals surface area contributed by atoms with Crippen LogP contribution in [0, 0.1) is 12.7 Å². The molecule has 0 amide bonds. The highest BCUT2D eigenvalue weighted by molar-refractivity contribution is 7.93. The minimum absolute atomic E-state index is 0.110. The van der Waals surface area contributed by atoms with Crippen LogP contribution in [0.25, 0.3) is 0 Å². The fourth-order valence-corrected chi connectivity index (χ4v) is 3.00. The normalized spacial score (nSPS) is 11.4. The van der Waals surface area contributed by atoms with Gasteiger partial charge >= 0.3 is 0 Å². The lowest BCUT2D eigenvalue weighted by molar-refractivity contribution is 0.596. The minimum atomic E-state index is -3.88. The molecule has 0 atom stereocenters. The number of benzene rings is 1. The van der Waals surface area contributed by atoms with Crippen molar-refractivity contribution < 1.29 is 12.8 Å². The van der Waals surface area contributed by atoms with Gasteiger partial charge in [0, 0.05) is 11.5 Å². The lowest BCUT2D eigenvalue weighted by atomic mass is 10.3. The van der Waals surface area contributed by atoms with Gasteiger partial charge in [0.15, 0.2) is 0 Å². The summed E-state index contributed by atoms with van der Waals surface area (Å²) in [7, 11) is -3.88. The van der Waals surface area contributed by atoms with E-state index in [4.69, 9.17) is 5.73 Å². The largest absolute Gasteiger partial charge is 0.396 e. The Morgan fingerprint density at radius 3 is 2.72 bits per heavy atom. The van der Waals surface area contributed by atoms with Gasteiger partial charge in [-0.2, -0.15) is 4.37 Å². The maximum absolute atomic E-state index is 13.2. The topological polar surface area (TPSA) is 98.0 Å². The number of hydrogen-bond acceptors (Lipinski definition) is 6. The molecule has 0 saturated heterocycles. The van der Waals surface area contributed by atoms with Crippen LogP contribution in [-0.2, 0) is 10.0 Å². The van der Waals surface area contributed by atoms with Crippen molar-refractivity contribution in [1.82, 2.24) is 9.36 Å². The third-order valence-electron chi connectivity index (χ3n) is 2.03. The van der Waals surface area contributed by atoms with E-state index in [0.29, 0.717) is 5.82 Å². The molecular formula is C9H9FN4O2S2. The summed E-state index contributed by atoms with van der Waals surface area (Å²) in [5.41, 5.74) is 5.17. The molecule has 0 aliphatic rings. The van der Waals surface area contributed by atoms with Gasteiger partial charge in [0.1, 0.15) is 11.6 Å². The Labute approximate surface area is 107 Å². The zero-order chi connectivity index (χ0) is 13.3. The number of rotatable bonds is 3. The molecule has 2 rings (SSSR count). The van der Waals surface area contributed by atoms with Crippen LogP contribution in [0.15, 0.2) is 23.1 Å². The number of sulfonamides is 1. The van der Waals surface area contributed by atoms with Crippen molar-refractivity contribution in [1.29, 1.82) is 0 Å². The molecule has 1 heterocycles. The summed E-state index contributed by atoms with van der Waals surface area (Å²) in [6.07, 6.45) is 0. The second kappa shape index (κ2) is 4.50. The van der Waals surface area contributed by atoms with E-state index in [-0.39, 0.29) is 15.7 Å². The average molecular weight is 288 g/mol. The highest BCUT2D eigenvalue weighted by atomic mass is 32.2. The van der Waals surface area contributed by atoms with Crippen LogP contribution < -0.4 is 10.5 Å². The van der Waals surface area contributed by atoms with Crippen molar-refractivity contribution in [2.75, 3.05) is 10.5 Å². The number of aryl methyl sites for hydroxylation is 1.